The number of anilines is 1. The summed E-state index contributed by atoms with van der Waals surface area (Å²) in [5.74, 6) is -0.955. The molecule has 152 valence electrons. The average molecular weight is 404 g/mol. The lowest BCUT2D eigenvalue weighted by atomic mass is 10.1. The van der Waals surface area contributed by atoms with Gasteiger partial charge in [0.1, 0.15) is 11.3 Å². The minimum atomic E-state index is -0.770. The van der Waals surface area contributed by atoms with E-state index in [9.17, 15) is 14.4 Å². The molecule has 8 heteroatoms. The largest absolute Gasteiger partial charge is 0.467 e. The fourth-order valence-electron chi connectivity index (χ4n) is 3.20. The van der Waals surface area contributed by atoms with E-state index in [-0.39, 0.29) is 12.1 Å². The summed E-state index contributed by atoms with van der Waals surface area (Å²) in [5, 5.41) is 2.22. The molecule has 0 spiro atoms. The molecule has 1 N–H and O–H groups in total. The SMILES string of the molecule is CN(C)c1ccc(-n2cccc2/C=C2\C(=O)NC(=O)N(Cc3ccco3)C2=O)cc1. The second-order valence-electron chi connectivity index (χ2n) is 7.00. The zero-order valence-corrected chi connectivity index (χ0v) is 16.5. The van der Waals surface area contributed by atoms with Crippen molar-refractivity contribution in [1.29, 1.82) is 0 Å². The van der Waals surface area contributed by atoms with Gasteiger partial charge in [-0.3, -0.25) is 19.8 Å². The predicted molar refractivity (Wildman–Crippen MR) is 111 cm³/mol. The third-order valence-corrected chi connectivity index (χ3v) is 4.80. The molecular weight excluding hydrogens is 384 g/mol. The van der Waals surface area contributed by atoms with Gasteiger partial charge < -0.3 is 13.9 Å². The van der Waals surface area contributed by atoms with Gasteiger partial charge in [-0.1, -0.05) is 0 Å². The van der Waals surface area contributed by atoms with Crippen molar-refractivity contribution in [3.05, 3.63) is 78.0 Å². The second kappa shape index (κ2) is 7.75. The van der Waals surface area contributed by atoms with Crippen LogP contribution in [0.15, 0.2) is 71.0 Å². The van der Waals surface area contributed by atoms with E-state index in [1.165, 1.54) is 12.3 Å². The Hall–Kier alpha value is -4.07. The lowest BCUT2D eigenvalue weighted by Crippen LogP contribution is -2.53. The van der Waals surface area contributed by atoms with Crippen molar-refractivity contribution in [3.63, 3.8) is 0 Å². The van der Waals surface area contributed by atoms with Crippen molar-refractivity contribution in [1.82, 2.24) is 14.8 Å². The van der Waals surface area contributed by atoms with Gasteiger partial charge in [0.25, 0.3) is 11.8 Å². The molecule has 1 aliphatic rings. The second-order valence-corrected chi connectivity index (χ2v) is 7.00. The summed E-state index contributed by atoms with van der Waals surface area (Å²) in [5.41, 5.74) is 2.45. The number of carbonyl (C=O) groups excluding carboxylic acids is 3. The van der Waals surface area contributed by atoms with Crippen molar-refractivity contribution >= 4 is 29.6 Å². The molecule has 0 bridgehead atoms. The molecule has 4 rings (SSSR count). The van der Waals surface area contributed by atoms with E-state index in [0.29, 0.717) is 11.5 Å². The minimum absolute atomic E-state index is 0.0602. The quantitative estimate of drug-likeness (QED) is 0.522. The van der Waals surface area contributed by atoms with Crippen LogP contribution in [0.2, 0.25) is 0 Å². The Morgan fingerprint density at radius 1 is 1.03 bits per heavy atom. The molecule has 1 saturated heterocycles. The van der Waals surface area contributed by atoms with Crippen LogP contribution in [-0.2, 0) is 16.1 Å². The first-order valence-corrected chi connectivity index (χ1v) is 9.30. The Morgan fingerprint density at radius 3 is 2.47 bits per heavy atom. The Kier molecular flexibility index (Phi) is 4.97. The first kappa shape index (κ1) is 19.3. The summed E-state index contributed by atoms with van der Waals surface area (Å²) < 4.78 is 7.08. The van der Waals surface area contributed by atoms with Gasteiger partial charge in [-0.15, -0.1) is 0 Å². The number of barbiturate groups is 1. The number of aromatic nitrogens is 1. The zero-order chi connectivity index (χ0) is 21.3. The third-order valence-electron chi connectivity index (χ3n) is 4.80. The standard InChI is InChI=1S/C22H20N4O4/c1-24(2)15-7-9-16(10-8-15)25-11-3-5-17(25)13-19-20(27)23-22(29)26(21(19)28)14-18-6-4-12-30-18/h3-13H,14H2,1-2H3,(H,23,27,29)/b19-13+. The maximum Gasteiger partial charge on any atom is 0.331 e. The number of imide groups is 2. The summed E-state index contributed by atoms with van der Waals surface area (Å²) in [4.78, 5) is 40.4. The molecule has 3 aromatic rings. The first-order valence-electron chi connectivity index (χ1n) is 9.30. The van der Waals surface area contributed by atoms with E-state index in [1.54, 1.807) is 18.2 Å². The number of nitrogens with one attached hydrogen (secondary N) is 1. The fourth-order valence-corrected chi connectivity index (χ4v) is 3.20. The molecule has 8 nitrogen and oxygen atoms in total. The predicted octanol–water partition coefficient (Wildman–Crippen LogP) is 2.80. The zero-order valence-electron chi connectivity index (χ0n) is 16.5. The van der Waals surface area contributed by atoms with Crippen molar-refractivity contribution in [2.24, 2.45) is 0 Å². The van der Waals surface area contributed by atoms with Crippen LogP contribution in [0.5, 0.6) is 0 Å². The van der Waals surface area contributed by atoms with Crippen LogP contribution in [0.3, 0.4) is 0 Å². The number of carbonyl (C=O) groups is 3. The van der Waals surface area contributed by atoms with Gasteiger partial charge in [0.15, 0.2) is 0 Å². The number of benzene rings is 1. The highest BCUT2D eigenvalue weighted by molar-refractivity contribution is 6.30. The van der Waals surface area contributed by atoms with Crippen LogP contribution < -0.4 is 10.2 Å². The summed E-state index contributed by atoms with van der Waals surface area (Å²) in [7, 11) is 3.92. The number of nitrogens with zero attached hydrogens (tertiary/aromatic N) is 3. The van der Waals surface area contributed by atoms with Crippen LogP contribution in [0.1, 0.15) is 11.5 Å². The number of furan rings is 1. The molecule has 0 aliphatic carbocycles. The van der Waals surface area contributed by atoms with Gasteiger partial charge in [0.2, 0.25) is 0 Å². The summed E-state index contributed by atoms with van der Waals surface area (Å²) in [6.45, 7) is -0.0602. The number of amides is 4. The monoisotopic (exact) mass is 404 g/mol. The number of rotatable bonds is 5. The average Bonchev–Trinajstić information content (AvgIpc) is 3.40. The van der Waals surface area contributed by atoms with E-state index in [0.717, 1.165) is 16.3 Å². The van der Waals surface area contributed by atoms with Gasteiger partial charge in [-0.2, -0.15) is 0 Å². The molecule has 4 amide bonds. The molecule has 0 saturated carbocycles. The van der Waals surface area contributed by atoms with E-state index >= 15 is 0 Å². The lowest BCUT2D eigenvalue weighted by Gasteiger charge is -2.25. The molecule has 0 unspecified atom stereocenters. The van der Waals surface area contributed by atoms with Gasteiger partial charge in [0.05, 0.1) is 12.8 Å². The van der Waals surface area contributed by atoms with Crippen molar-refractivity contribution in [3.8, 4) is 5.69 Å². The molecule has 3 heterocycles. The van der Waals surface area contributed by atoms with E-state index in [2.05, 4.69) is 5.32 Å². The Bertz CT molecular complexity index is 1120. The maximum absolute atomic E-state index is 12.9. The van der Waals surface area contributed by atoms with Crippen molar-refractivity contribution in [2.75, 3.05) is 19.0 Å². The highest BCUT2D eigenvalue weighted by Gasteiger charge is 2.36. The van der Waals surface area contributed by atoms with Crippen LogP contribution in [0.4, 0.5) is 10.5 Å². The van der Waals surface area contributed by atoms with Crippen LogP contribution in [-0.4, -0.2) is 41.4 Å². The number of urea groups is 1. The van der Waals surface area contributed by atoms with E-state index < -0.39 is 17.8 Å². The molecule has 1 fully saturated rings. The highest BCUT2D eigenvalue weighted by Crippen LogP contribution is 2.21. The molecular formula is C22H20N4O4. The van der Waals surface area contributed by atoms with Crippen molar-refractivity contribution in [2.45, 2.75) is 6.54 Å². The van der Waals surface area contributed by atoms with Gasteiger partial charge in [-0.25, -0.2) is 4.79 Å². The van der Waals surface area contributed by atoms with Crippen LogP contribution in [0.25, 0.3) is 11.8 Å². The van der Waals surface area contributed by atoms with Crippen molar-refractivity contribution < 1.29 is 18.8 Å². The summed E-state index contributed by atoms with van der Waals surface area (Å²) in [6.07, 6.45) is 4.78. The summed E-state index contributed by atoms with van der Waals surface area (Å²) >= 11 is 0. The van der Waals surface area contributed by atoms with E-state index in [4.69, 9.17) is 4.42 Å². The molecule has 0 atom stereocenters. The molecule has 0 radical (unpaired) electrons. The fraction of sp³-hybridized carbons (Fsp3) is 0.136. The topological polar surface area (TPSA) is 87.8 Å². The molecule has 1 aliphatic heterocycles. The van der Waals surface area contributed by atoms with Crippen LogP contribution >= 0.6 is 0 Å². The third kappa shape index (κ3) is 3.62. The van der Waals surface area contributed by atoms with Gasteiger partial charge in [0, 0.05) is 37.4 Å². The highest BCUT2D eigenvalue weighted by atomic mass is 16.3. The first-order chi connectivity index (χ1) is 14.4. The molecule has 1 aromatic carbocycles. The van der Waals surface area contributed by atoms with Crippen LogP contribution in [0, 0.1) is 0 Å². The van der Waals surface area contributed by atoms with Gasteiger partial charge >= 0.3 is 6.03 Å². The minimum Gasteiger partial charge on any atom is -0.467 e. The maximum atomic E-state index is 12.9. The lowest BCUT2D eigenvalue weighted by molar-refractivity contribution is -0.130. The molecule has 30 heavy (non-hydrogen) atoms. The van der Waals surface area contributed by atoms with Gasteiger partial charge in [-0.05, 0) is 54.6 Å². The Labute approximate surface area is 173 Å². The summed E-state index contributed by atoms with van der Waals surface area (Å²) in [6, 6.07) is 14.0. The Morgan fingerprint density at radius 2 is 1.80 bits per heavy atom. The smallest absolute Gasteiger partial charge is 0.331 e. The molecule has 2 aromatic heterocycles. The number of hydrogen-bond donors (Lipinski definition) is 1. The van der Waals surface area contributed by atoms with E-state index in [1.807, 2.05) is 60.1 Å². The number of hydrogen-bond acceptors (Lipinski definition) is 5. The normalized spacial score (nSPS) is 15.6. The Balaban J connectivity index is 1.65.